The highest BCUT2D eigenvalue weighted by Crippen LogP contribution is 2.31. The maximum atomic E-state index is 12.4. The second-order valence-corrected chi connectivity index (χ2v) is 7.39. The molecule has 1 amide bonds. The van der Waals surface area contributed by atoms with Gasteiger partial charge in [0.1, 0.15) is 0 Å². The monoisotopic (exact) mass is 307 g/mol. The molecule has 1 unspecified atom stereocenters. The summed E-state index contributed by atoms with van der Waals surface area (Å²) in [5, 5.41) is 6.29. The fourth-order valence-corrected chi connectivity index (χ4v) is 3.89. The van der Waals surface area contributed by atoms with E-state index < -0.39 is 0 Å². The lowest BCUT2D eigenvalue weighted by molar-refractivity contribution is -0.123. The first kappa shape index (κ1) is 13.9. The van der Waals surface area contributed by atoms with Crippen molar-refractivity contribution in [2.75, 3.05) is 24.7 Å². The molecule has 1 aromatic heterocycles. The van der Waals surface area contributed by atoms with Crippen LogP contribution in [0.15, 0.2) is 22.5 Å². The van der Waals surface area contributed by atoms with Crippen molar-refractivity contribution in [3.63, 3.8) is 0 Å². The van der Waals surface area contributed by atoms with Gasteiger partial charge in [0, 0.05) is 12.2 Å². The van der Waals surface area contributed by atoms with E-state index in [0.717, 1.165) is 39.8 Å². The number of carbonyl (C=O) groups is 1. The molecule has 1 saturated heterocycles. The zero-order valence-corrected chi connectivity index (χ0v) is 13.2. The summed E-state index contributed by atoms with van der Waals surface area (Å²) < 4.78 is 2.16. The number of nitrogens with zero attached hydrogens (tertiary/aromatic N) is 1. The molecule has 1 aromatic carbocycles. The molecule has 1 aliphatic rings. The summed E-state index contributed by atoms with van der Waals surface area (Å²) in [5.74, 6) is 0.0939. The molecule has 106 valence electrons. The van der Waals surface area contributed by atoms with Gasteiger partial charge >= 0.3 is 0 Å². The van der Waals surface area contributed by atoms with Gasteiger partial charge in [0.2, 0.25) is 5.91 Å². The first-order valence-corrected chi connectivity index (χ1v) is 8.62. The zero-order valence-electron chi connectivity index (χ0n) is 11.5. The minimum atomic E-state index is -0.299. The van der Waals surface area contributed by atoms with Crippen LogP contribution in [0.3, 0.4) is 0 Å². The molecule has 1 aliphatic heterocycles. The standard InChI is InChI=1S/C14H17N3OS2/c1-14(5-6-15-8-14)12(18)16-9-3-4-10-11(7-9)20-13(17-10)19-2/h3-4,7,15H,5-6,8H2,1-2H3,(H,16,18). The number of aromatic nitrogens is 1. The molecule has 2 heterocycles. The van der Waals surface area contributed by atoms with Gasteiger partial charge in [0.15, 0.2) is 4.34 Å². The van der Waals surface area contributed by atoms with E-state index in [1.807, 2.05) is 31.4 Å². The van der Waals surface area contributed by atoms with E-state index in [1.165, 1.54) is 0 Å². The Morgan fingerprint density at radius 3 is 3.10 bits per heavy atom. The minimum absolute atomic E-state index is 0.0939. The topological polar surface area (TPSA) is 54.0 Å². The number of amides is 1. The van der Waals surface area contributed by atoms with Gasteiger partial charge in [-0.25, -0.2) is 4.98 Å². The van der Waals surface area contributed by atoms with Crippen molar-refractivity contribution >= 4 is 44.9 Å². The number of nitrogens with one attached hydrogen (secondary N) is 2. The Labute approximate surface area is 126 Å². The van der Waals surface area contributed by atoms with E-state index in [-0.39, 0.29) is 11.3 Å². The highest BCUT2D eigenvalue weighted by molar-refractivity contribution is 8.00. The summed E-state index contributed by atoms with van der Waals surface area (Å²) in [5.41, 5.74) is 1.55. The van der Waals surface area contributed by atoms with E-state index in [9.17, 15) is 4.79 Å². The number of rotatable bonds is 3. The molecule has 0 saturated carbocycles. The lowest BCUT2D eigenvalue weighted by atomic mass is 9.89. The van der Waals surface area contributed by atoms with Crippen LogP contribution >= 0.6 is 23.1 Å². The molecule has 0 radical (unpaired) electrons. The highest BCUT2D eigenvalue weighted by Gasteiger charge is 2.36. The molecule has 0 spiro atoms. The van der Waals surface area contributed by atoms with Crippen molar-refractivity contribution in [3.8, 4) is 0 Å². The molecule has 3 rings (SSSR count). The number of thioether (sulfide) groups is 1. The van der Waals surface area contributed by atoms with Gasteiger partial charge < -0.3 is 10.6 Å². The third-order valence-corrected chi connectivity index (χ3v) is 5.72. The highest BCUT2D eigenvalue weighted by atomic mass is 32.2. The molecule has 20 heavy (non-hydrogen) atoms. The van der Waals surface area contributed by atoms with Gasteiger partial charge in [-0.3, -0.25) is 4.79 Å². The molecule has 1 atom stereocenters. The van der Waals surface area contributed by atoms with Crippen molar-refractivity contribution in [1.29, 1.82) is 0 Å². The van der Waals surface area contributed by atoms with Crippen LogP contribution in [0.25, 0.3) is 10.2 Å². The summed E-state index contributed by atoms with van der Waals surface area (Å²) in [4.78, 5) is 16.9. The maximum absolute atomic E-state index is 12.4. The van der Waals surface area contributed by atoms with Crippen molar-refractivity contribution in [3.05, 3.63) is 18.2 Å². The number of hydrogen-bond acceptors (Lipinski definition) is 5. The molecule has 2 aromatic rings. The lowest BCUT2D eigenvalue weighted by Crippen LogP contribution is -2.35. The van der Waals surface area contributed by atoms with Gasteiger partial charge in [-0.2, -0.15) is 0 Å². The number of carbonyl (C=O) groups excluding carboxylic acids is 1. The number of fused-ring (bicyclic) bond motifs is 1. The Hall–Kier alpha value is -1.11. The van der Waals surface area contributed by atoms with Crippen LogP contribution < -0.4 is 10.6 Å². The molecule has 0 aliphatic carbocycles. The third kappa shape index (κ3) is 2.55. The fourth-order valence-electron chi connectivity index (χ4n) is 2.36. The fraction of sp³-hybridized carbons (Fsp3) is 0.429. The average Bonchev–Trinajstić information content (AvgIpc) is 3.05. The zero-order chi connectivity index (χ0) is 14.2. The van der Waals surface area contributed by atoms with Gasteiger partial charge in [-0.1, -0.05) is 11.8 Å². The summed E-state index contributed by atoms with van der Waals surface area (Å²) in [6.07, 6.45) is 2.91. The maximum Gasteiger partial charge on any atom is 0.231 e. The first-order valence-electron chi connectivity index (χ1n) is 6.57. The molecule has 2 N–H and O–H groups in total. The quantitative estimate of drug-likeness (QED) is 0.856. The van der Waals surface area contributed by atoms with Crippen LogP contribution in [0.5, 0.6) is 0 Å². The van der Waals surface area contributed by atoms with Crippen molar-refractivity contribution in [2.24, 2.45) is 5.41 Å². The number of anilines is 1. The van der Waals surface area contributed by atoms with Crippen molar-refractivity contribution < 1.29 is 4.79 Å². The largest absolute Gasteiger partial charge is 0.326 e. The summed E-state index contributed by atoms with van der Waals surface area (Å²) in [7, 11) is 0. The predicted molar refractivity (Wildman–Crippen MR) is 85.6 cm³/mol. The molecule has 6 heteroatoms. The third-order valence-electron chi connectivity index (χ3n) is 3.72. The molecule has 4 nitrogen and oxygen atoms in total. The van der Waals surface area contributed by atoms with E-state index in [2.05, 4.69) is 15.6 Å². The average molecular weight is 307 g/mol. The Kier molecular flexibility index (Phi) is 3.70. The van der Waals surface area contributed by atoms with Crippen molar-refractivity contribution in [1.82, 2.24) is 10.3 Å². The minimum Gasteiger partial charge on any atom is -0.326 e. The van der Waals surface area contributed by atoms with Crippen molar-refractivity contribution in [2.45, 2.75) is 17.7 Å². The van der Waals surface area contributed by atoms with Crippen LogP contribution in [0, 0.1) is 5.41 Å². The molecular formula is C14H17N3OS2. The van der Waals surface area contributed by atoms with Gasteiger partial charge in [-0.15, -0.1) is 11.3 Å². The number of hydrogen-bond donors (Lipinski definition) is 2. The number of benzene rings is 1. The summed E-state index contributed by atoms with van der Waals surface area (Å²) in [6, 6.07) is 5.91. The summed E-state index contributed by atoms with van der Waals surface area (Å²) >= 11 is 3.30. The second-order valence-electron chi connectivity index (χ2n) is 5.31. The van der Waals surface area contributed by atoms with E-state index in [1.54, 1.807) is 23.1 Å². The van der Waals surface area contributed by atoms with Crippen LogP contribution in [-0.4, -0.2) is 30.2 Å². The van der Waals surface area contributed by atoms with E-state index in [4.69, 9.17) is 0 Å². The molecule has 1 fully saturated rings. The van der Waals surface area contributed by atoms with Gasteiger partial charge in [0.05, 0.1) is 15.6 Å². The second kappa shape index (κ2) is 5.35. The first-order chi connectivity index (χ1) is 9.60. The molecule has 0 bridgehead atoms. The van der Waals surface area contributed by atoms with Crippen LogP contribution in [-0.2, 0) is 4.79 Å². The van der Waals surface area contributed by atoms with Gasteiger partial charge in [0.25, 0.3) is 0 Å². The van der Waals surface area contributed by atoms with E-state index >= 15 is 0 Å². The molecular weight excluding hydrogens is 290 g/mol. The SMILES string of the molecule is CSc1nc2ccc(NC(=O)C3(C)CCNC3)cc2s1. The smallest absolute Gasteiger partial charge is 0.231 e. The number of thiazole rings is 1. The lowest BCUT2D eigenvalue weighted by Gasteiger charge is -2.21. The van der Waals surface area contributed by atoms with E-state index in [0.29, 0.717) is 0 Å². The van der Waals surface area contributed by atoms with Crippen LogP contribution in [0.4, 0.5) is 5.69 Å². The van der Waals surface area contributed by atoms with Gasteiger partial charge in [-0.05, 0) is 44.3 Å². The normalized spacial score (nSPS) is 22.3. The Morgan fingerprint density at radius 2 is 2.40 bits per heavy atom. The summed E-state index contributed by atoms with van der Waals surface area (Å²) in [6.45, 7) is 3.67. The predicted octanol–water partition coefficient (Wildman–Crippen LogP) is 2.96. The Balaban J connectivity index is 1.81. The van der Waals surface area contributed by atoms with Crippen LogP contribution in [0.1, 0.15) is 13.3 Å². The Bertz CT molecular complexity index is 647. The van der Waals surface area contributed by atoms with Crippen LogP contribution in [0.2, 0.25) is 0 Å². The Morgan fingerprint density at radius 1 is 1.55 bits per heavy atom.